The molecule has 1 heterocycles. The molecule has 7 nitrogen and oxygen atoms in total. The molecule has 3 rings (SSSR count). The largest absolute Gasteiger partial charge is 0.377 e. The molecule has 0 spiro atoms. The molecule has 1 amide bonds. The molecular formula is C17H25ClN4O3. The number of nitrogens with one attached hydrogen (secondary N) is 2. The number of nitrogens with zero attached hydrogens (tertiary/aromatic N) is 2. The van der Waals surface area contributed by atoms with Gasteiger partial charge in [-0.25, -0.2) is 0 Å². The van der Waals surface area contributed by atoms with Crippen LogP contribution in [0.4, 0.5) is 11.4 Å². The number of hydrogen-bond donors (Lipinski definition) is 2. The summed E-state index contributed by atoms with van der Waals surface area (Å²) < 4.78 is 0. The molecule has 1 saturated heterocycles. The van der Waals surface area contributed by atoms with Gasteiger partial charge in [0.25, 0.3) is 11.6 Å². The van der Waals surface area contributed by atoms with Crippen LogP contribution in [0.25, 0.3) is 0 Å². The Kier molecular flexibility index (Phi) is 6.61. The van der Waals surface area contributed by atoms with Crippen molar-refractivity contribution in [2.75, 3.05) is 32.0 Å². The minimum Gasteiger partial charge on any atom is -0.377 e. The molecule has 2 N–H and O–H groups in total. The fourth-order valence-corrected chi connectivity index (χ4v) is 3.20. The number of anilines is 1. The highest BCUT2D eigenvalue weighted by molar-refractivity contribution is 5.95. The third-order valence-corrected chi connectivity index (χ3v) is 4.77. The summed E-state index contributed by atoms with van der Waals surface area (Å²) in [6.45, 7) is 2.39. The molecule has 0 atom stereocenters. The number of carbonyl (C=O) groups is 1. The third-order valence-electron chi connectivity index (χ3n) is 4.77. The van der Waals surface area contributed by atoms with Gasteiger partial charge in [0.2, 0.25) is 0 Å². The van der Waals surface area contributed by atoms with Crippen LogP contribution in [0.3, 0.4) is 0 Å². The highest BCUT2D eigenvalue weighted by atomic mass is 35.5. The second-order valence-electron chi connectivity index (χ2n) is 6.70. The van der Waals surface area contributed by atoms with Crippen molar-refractivity contribution in [2.24, 2.45) is 5.92 Å². The molecule has 2 aliphatic rings. The summed E-state index contributed by atoms with van der Waals surface area (Å²) in [7, 11) is 1.94. The number of nitro groups is 1. The van der Waals surface area contributed by atoms with Crippen LogP contribution >= 0.6 is 12.4 Å². The van der Waals surface area contributed by atoms with E-state index in [1.54, 1.807) is 17.0 Å². The van der Waals surface area contributed by atoms with Crippen LogP contribution < -0.4 is 10.6 Å². The SMILES string of the molecule is CNCC1CCN(C(=O)c2ccc(NC3CC3)c([N+](=O)[O-])c2)CC1.Cl. The van der Waals surface area contributed by atoms with Gasteiger partial charge in [-0.05, 0) is 57.3 Å². The highest BCUT2D eigenvalue weighted by Gasteiger charge is 2.27. The molecule has 0 bridgehead atoms. The number of carbonyl (C=O) groups excluding carboxylic acids is 1. The average molecular weight is 369 g/mol. The van der Waals surface area contributed by atoms with Gasteiger partial charge >= 0.3 is 0 Å². The molecule has 25 heavy (non-hydrogen) atoms. The minimum absolute atomic E-state index is 0. The molecule has 2 fully saturated rings. The number of likely N-dealkylation sites (tertiary alicyclic amines) is 1. The lowest BCUT2D eigenvalue weighted by molar-refractivity contribution is -0.384. The van der Waals surface area contributed by atoms with Crippen molar-refractivity contribution in [2.45, 2.75) is 31.7 Å². The minimum atomic E-state index is -0.416. The number of rotatable bonds is 6. The predicted octanol–water partition coefficient (Wildman–Crippen LogP) is 2.66. The quantitative estimate of drug-likeness (QED) is 0.595. The Morgan fingerprint density at radius 2 is 1.96 bits per heavy atom. The summed E-state index contributed by atoms with van der Waals surface area (Å²) in [5, 5.41) is 17.7. The van der Waals surface area contributed by atoms with Gasteiger partial charge in [-0.3, -0.25) is 14.9 Å². The fourth-order valence-electron chi connectivity index (χ4n) is 3.20. The van der Waals surface area contributed by atoms with Crippen LogP contribution in [0.1, 0.15) is 36.0 Å². The van der Waals surface area contributed by atoms with E-state index < -0.39 is 4.92 Å². The number of halogens is 1. The summed E-state index contributed by atoms with van der Waals surface area (Å²) in [6, 6.07) is 5.10. The normalized spacial score (nSPS) is 17.7. The molecule has 138 valence electrons. The van der Waals surface area contributed by atoms with Crippen molar-refractivity contribution in [3.05, 3.63) is 33.9 Å². The van der Waals surface area contributed by atoms with Crippen LogP contribution in [0.2, 0.25) is 0 Å². The first-order chi connectivity index (χ1) is 11.6. The second-order valence-corrected chi connectivity index (χ2v) is 6.70. The summed E-state index contributed by atoms with van der Waals surface area (Å²) in [5.74, 6) is 0.484. The van der Waals surface area contributed by atoms with E-state index in [1.165, 1.54) is 6.07 Å². The second kappa shape index (κ2) is 8.49. The van der Waals surface area contributed by atoms with E-state index in [9.17, 15) is 14.9 Å². The monoisotopic (exact) mass is 368 g/mol. The van der Waals surface area contributed by atoms with Gasteiger partial charge < -0.3 is 15.5 Å². The van der Waals surface area contributed by atoms with Crippen molar-refractivity contribution in [3.63, 3.8) is 0 Å². The molecule has 1 aromatic carbocycles. The Bertz CT molecular complexity index is 628. The van der Waals surface area contributed by atoms with Crippen molar-refractivity contribution >= 4 is 29.7 Å². The van der Waals surface area contributed by atoms with E-state index in [0.29, 0.717) is 36.3 Å². The lowest BCUT2D eigenvalue weighted by Gasteiger charge is -2.32. The van der Waals surface area contributed by atoms with E-state index in [2.05, 4.69) is 10.6 Å². The maximum Gasteiger partial charge on any atom is 0.293 e. The standard InChI is InChI=1S/C17H24N4O3.ClH/c1-18-11-12-6-8-20(9-7-12)17(22)13-2-5-15(19-14-3-4-14)16(10-13)21(23)24;/h2,5,10,12,14,18-19H,3-4,6-9,11H2,1H3;1H. The summed E-state index contributed by atoms with van der Waals surface area (Å²) in [4.78, 5) is 25.4. The van der Waals surface area contributed by atoms with Crippen LogP contribution in [0.15, 0.2) is 18.2 Å². The number of benzene rings is 1. The van der Waals surface area contributed by atoms with Gasteiger partial charge in [-0.1, -0.05) is 0 Å². The number of hydrogen-bond acceptors (Lipinski definition) is 5. The molecule has 0 radical (unpaired) electrons. The predicted molar refractivity (Wildman–Crippen MR) is 99.5 cm³/mol. The molecular weight excluding hydrogens is 344 g/mol. The molecule has 1 aromatic rings. The summed E-state index contributed by atoms with van der Waals surface area (Å²) in [6.07, 6.45) is 4.02. The van der Waals surface area contributed by atoms with Gasteiger partial charge in [0.15, 0.2) is 0 Å². The Balaban J connectivity index is 0.00000225. The van der Waals surface area contributed by atoms with Crippen LogP contribution in [-0.4, -0.2) is 48.5 Å². The maximum absolute atomic E-state index is 12.7. The Morgan fingerprint density at radius 3 is 2.52 bits per heavy atom. The molecule has 1 saturated carbocycles. The zero-order valence-electron chi connectivity index (χ0n) is 14.4. The zero-order valence-corrected chi connectivity index (χ0v) is 15.2. The van der Waals surface area contributed by atoms with Crippen molar-refractivity contribution in [3.8, 4) is 0 Å². The molecule has 0 aromatic heterocycles. The third kappa shape index (κ3) is 4.83. The molecule has 8 heteroatoms. The van der Waals surface area contributed by atoms with Crippen LogP contribution in [0, 0.1) is 16.0 Å². The Morgan fingerprint density at radius 1 is 1.28 bits per heavy atom. The summed E-state index contributed by atoms with van der Waals surface area (Å²) >= 11 is 0. The lowest BCUT2D eigenvalue weighted by atomic mass is 9.96. The number of piperidine rings is 1. The number of amides is 1. The highest BCUT2D eigenvalue weighted by Crippen LogP contribution is 2.32. The van der Waals surface area contributed by atoms with Gasteiger partial charge in [0.1, 0.15) is 5.69 Å². The van der Waals surface area contributed by atoms with Gasteiger partial charge in [-0.2, -0.15) is 0 Å². The lowest BCUT2D eigenvalue weighted by Crippen LogP contribution is -2.40. The topological polar surface area (TPSA) is 87.5 Å². The van der Waals surface area contributed by atoms with Crippen LogP contribution in [0.5, 0.6) is 0 Å². The van der Waals surface area contributed by atoms with Gasteiger partial charge in [-0.15, -0.1) is 12.4 Å². The van der Waals surface area contributed by atoms with Crippen molar-refractivity contribution in [1.82, 2.24) is 10.2 Å². The van der Waals surface area contributed by atoms with Crippen LogP contribution in [-0.2, 0) is 0 Å². The van der Waals surface area contributed by atoms with Crippen molar-refractivity contribution in [1.29, 1.82) is 0 Å². The first kappa shape index (κ1) is 19.5. The van der Waals surface area contributed by atoms with E-state index in [0.717, 1.165) is 32.2 Å². The Hall–Kier alpha value is -1.86. The van der Waals surface area contributed by atoms with E-state index in [4.69, 9.17) is 0 Å². The van der Waals surface area contributed by atoms with E-state index >= 15 is 0 Å². The molecule has 0 unspecified atom stereocenters. The van der Waals surface area contributed by atoms with E-state index in [-0.39, 0.29) is 24.0 Å². The number of nitro benzene ring substituents is 1. The van der Waals surface area contributed by atoms with Gasteiger partial charge in [0, 0.05) is 30.8 Å². The molecule has 1 aliphatic heterocycles. The van der Waals surface area contributed by atoms with Crippen molar-refractivity contribution < 1.29 is 9.72 Å². The Labute approximate surface area is 153 Å². The van der Waals surface area contributed by atoms with E-state index in [1.807, 2.05) is 7.05 Å². The van der Waals surface area contributed by atoms with Gasteiger partial charge in [0.05, 0.1) is 4.92 Å². The summed E-state index contributed by atoms with van der Waals surface area (Å²) in [5.41, 5.74) is 0.889. The first-order valence-corrected chi connectivity index (χ1v) is 8.57. The fraction of sp³-hybridized carbons (Fsp3) is 0.588. The maximum atomic E-state index is 12.7. The smallest absolute Gasteiger partial charge is 0.293 e. The first-order valence-electron chi connectivity index (χ1n) is 8.57. The zero-order chi connectivity index (χ0) is 17.1. The molecule has 1 aliphatic carbocycles. The average Bonchev–Trinajstić information content (AvgIpc) is 3.39.